The predicted octanol–water partition coefficient (Wildman–Crippen LogP) is 7.35. The van der Waals surface area contributed by atoms with Gasteiger partial charge in [-0.15, -0.1) is 11.8 Å². The quantitative estimate of drug-likeness (QED) is 0.302. The second kappa shape index (κ2) is 10.8. The first-order chi connectivity index (χ1) is 17.1. The van der Waals surface area contributed by atoms with Gasteiger partial charge < -0.3 is 0 Å². The molecule has 0 spiro atoms. The molecule has 0 fully saturated rings. The summed E-state index contributed by atoms with van der Waals surface area (Å²) in [5.41, 5.74) is 5.23. The predicted molar refractivity (Wildman–Crippen MR) is 137 cm³/mol. The second-order valence-electron chi connectivity index (χ2n) is 8.99. The van der Waals surface area contributed by atoms with Crippen LogP contribution in [0.2, 0.25) is 0 Å². The monoisotopic (exact) mass is 492 g/mol. The van der Waals surface area contributed by atoms with Crippen LogP contribution in [-0.2, 0) is 18.6 Å². The van der Waals surface area contributed by atoms with E-state index in [4.69, 9.17) is 0 Å². The van der Waals surface area contributed by atoms with Gasteiger partial charge in [-0.05, 0) is 84.5 Å². The Kier molecular flexibility index (Phi) is 7.37. The smallest absolute Gasteiger partial charge is 0.139 e. The van der Waals surface area contributed by atoms with Crippen molar-refractivity contribution < 1.29 is 13.2 Å². The lowest BCUT2D eigenvalue weighted by atomic mass is 10.00. The Balaban J connectivity index is 1.23. The molecule has 2 heterocycles. The van der Waals surface area contributed by atoms with Crippen LogP contribution in [-0.4, -0.2) is 24.5 Å². The highest BCUT2D eigenvalue weighted by molar-refractivity contribution is 7.98. The van der Waals surface area contributed by atoms with Gasteiger partial charge >= 0.3 is 0 Å². The zero-order valence-corrected chi connectivity index (χ0v) is 20.3. The maximum atomic E-state index is 15.2. The first-order valence-corrected chi connectivity index (χ1v) is 13.1. The first kappa shape index (κ1) is 23.9. The average molecular weight is 493 g/mol. The van der Waals surface area contributed by atoms with Crippen molar-refractivity contribution in [2.75, 3.05) is 13.1 Å². The fourth-order valence-corrected chi connectivity index (χ4v) is 5.59. The van der Waals surface area contributed by atoms with E-state index in [1.807, 2.05) is 12.1 Å². The van der Waals surface area contributed by atoms with Crippen LogP contribution >= 0.6 is 11.8 Å². The van der Waals surface area contributed by atoms with Gasteiger partial charge in [0.2, 0.25) is 0 Å². The average Bonchev–Trinajstić information content (AvgIpc) is 3.59. The molecule has 180 valence electrons. The SMILES string of the molecule is Fc1cc(C2=NCCC2)ccc1CCc1cccc(SCc2ccc(C3=NCCC3)cc2F)c1F. The molecule has 0 amide bonds. The Morgan fingerprint density at radius 3 is 1.86 bits per heavy atom. The van der Waals surface area contributed by atoms with Crippen LogP contribution in [0.1, 0.15) is 53.5 Å². The Morgan fingerprint density at radius 1 is 0.686 bits per heavy atom. The van der Waals surface area contributed by atoms with Crippen LogP contribution in [0.15, 0.2) is 69.5 Å². The highest BCUT2D eigenvalue weighted by Crippen LogP contribution is 2.29. The number of rotatable bonds is 8. The molecule has 0 unspecified atom stereocenters. The molecule has 0 aliphatic carbocycles. The van der Waals surface area contributed by atoms with Crippen molar-refractivity contribution in [1.29, 1.82) is 0 Å². The van der Waals surface area contributed by atoms with Gasteiger partial charge in [0.15, 0.2) is 0 Å². The van der Waals surface area contributed by atoms with Gasteiger partial charge in [0.05, 0.1) is 0 Å². The summed E-state index contributed by atoms with van der Waals surface area (Å²) in [4.78, 5) is 9.33. The molecule has 0 saturated heterocycles. The van der Waals surface area contributed by atoms with Crippen molar-refractivity contribution in [3.63, 3.8) is 0 Å². The molecule has 6 heteroatoms. The third-order valence-corrected chi connectivity index (χ3v) is 7.69. The van der Waals surface area contributed by atoms with Gasteiger partial charge in [-0.25, -0.2) is 13.2 Å². The van der Waals surface area contributed by atoms with E-state index in [2.05, 4.69) is 9.98 Å². The number of nitrogens with zero attached hydrogens (tertiary/aromatic N) is 2. The molecule has 2 nitrogen and oxygen atoms in total. The third kappa shape index (κ3) is 5.53. The minimum atomic E-state index is -0.313. The summed E-state index contributed by atoms with van der Waals surface area (Å²) in [6, 6.07) is 15.7. The summed E-state index contributed by atoms with van der Waals surface area (Å²) >= 11 is 1.27. The molecular formula is C29H27F3N2S. The fourth-order valence-electron chi connectivity index (χ4n) is 4.61. The lowest BCUT2D eigenvalue weighted by molar-refractivity contribution is 0.577. The van der Waals surface area contributed by atoms with E-state index in [9.17, 15) is 8.78 Å². The topological polar surface area (TPSA) is 24.7 Å². The van der Waals surface area contributed by atoms with Gasteiger partial charge in [-0.1, -0.05) is 36.4 Å². The fraction of sp³-hybridized carbons (Fsp3) is 0.310. The van der Waals surface area contributed by atoms with Crippen LogP contribution in [0.3, 0.4) is 0 Å². The van der Waals surface area contributed by atoms with Crippen molar-refractivity contribution in [2.24, 2.45) is 9.98 Å². The molecule has 0 atom stereocenters. The molecule has 2 aliphatic heterocycles. The van der Waals surface area contributed by atoms with E-state index in [0.717, 1.165) is 61.3 Å². The normalized spacial score (nSPS) is 15.4. The van der Waals surface area contributed by atoms with Crippen LogP contribution < -0.4 is 0 Å². The molecule has 3 aromatic rings. The Hall–Kier alpha value is -2.86. The first-order valence-electron chi connectivity index (χ1n) is 12.1. The number of aliphatic imine (C=N–C) groups is 2. The van der Waals surface area contributed by atoms with Crippen molar-refractivity contribution in [2.45, 2.75) is 49.2 Å². The third-order valence-electron chi connectivity index (χ3n) is 6.61. The maximum absolute atomic E-state index is 15.2. The van der Waals surface area contributed by atoms with Crippen molar-refractivity contribution in [3.05, 3.63) is 99.9 Å². The molecule has 2 aliphatic rings. The molecule has 35 heavy (non-hydrogen) atoms. The van der Waals surface area contributed by atoms with E-state index in [0.29, 0.717) is 40.2 Å². The lowest BCUT2D eigenvalue weighted by Crippen LogP contribution is -2.02. The van der Waals surface area contributed by atoms with Crippen LogP contribution in [0.5, 0.6) is 0 Å². The van der Waals surface area contributed by atoms with Crippen LogP contribution in [0, 0.1) is 17.5 Å². The van der Waals surface area contributed by atoms with Crippen molar-refractivity contribution >= 4 is 23.2 Å². The highest BCUT2D eigenvalue weighted by Gasteiger charge is 2.15. The van der Waals surface area contributed by atoms with E-state index in [-0.39, 0.29) is 17.5 Å². The number of hydrogen-bond donors (Lipinski definition) is 0. The van der Waals surface area contributed by atoms with Gasteiger partial charge in [-0.2, -0.15) is 0 Å². The zero-order valence-electron chi connectivity index (χ0n) is 19.5. The maximum Gasteiger partial charge on any atom is 0.139 e. The largest absolute Gasteiger partial charge is 0.289 e. The van der Waals surface area contributed by atoms with Crippen LogP contribution in [0.25, 0.3) is 0 Å². The second-order valence-corrected chi connectivity index (χ2v) is 10.0. The summed E-state index contributed by atoms with van der Waals surface area (Å²) in [7, 11) is 0. The standard InChI is InChI=1S/C29H27F3N2S/c30-24-16-21(26-5-2-14-33-26)11-9-19(24)8-10-20-4-1-7-28(29(20)32)35-18-23-13-12-22(17-25(23)31)27-6-3-15-34-27/h1,4,7,9,11-13,16-17H,2-3,5-6,8,10,14-15,18H2. The van der Waals surface area contributed by atoms with E-state index < -0.39 is 0 Å². The zero-order chi connectivity index (χ0) is 24.2. The molecule has 0 N–H and O–H groups in total. The summed E-state index contributed by atoms with van der Waals surface area (Å²) in [5, 5.41) is 0. The Bertz CT molecular complexity index is 1200. The molecule has 0 aromatic heterocycles. The molecule has 0 saturated carbocycles. The number of benzene rings is 3. The molecule has 0 radical (unpaired) electrons. The number of thioether (sulfide) groups is 1. The summed E-state index contributed by atoms with van der Waals surface area (Å²) < 4.78 is 44.5. The number of hydrogen-bond acceptors (Lipinski definition) is 3. The van der Waals surface area contributed by atoms with Gasteiger partial charge in [0.1, 0.15) is 17.5 Å². The Labute approximate surface area is 208 Å². The summed E-state index contributed by atoms with van der Waals surface area (Å²) in [6.45, 7) is 1.61. The molecule has 0 bridgehead atoms. The van der Waals surface area contributed by atoms with Crippen molar-refractivity contribution in [3.8, 4) is 0 Å². The highest BCUT2D eigenvalue weighted by atomic mass is 32.2. The van der Waals surface area contributed by atoms with E-state index in [1.165, 1.54) is 17.8 Å². The summed E-state index contributed by atoms with van der Waals surface area (Å²) in [6.07, 6.45) is 4.59. The molecule has 3 aromatic carbocycles. The van der Waals surface area contributed by atoms with Gasteiger partial charge in [-0.3, -0.25) is 9.98 Å². The van der Waals surface area contributed by atoms with E-state index in [1.54, 1.807) is 36.4 Å². The van der Waals surface area contributed by atoms with Gasteiger partial charge in [0.25, 0.3) is 0 Å². The molecule has 5 rings (SSSR count). The van der Waals surface area contributed by atoms with Gasteiger partial charge in [0, 0.05) is 35.2 Å². The minimum absolute atomic E-state index is 0.273. The van der Waals surface area contributed by atoms with E-state index >= 15 is 4.39 Å². The Morgan fingerprint density at radius 2 is 1.29 bits per heavy atom. The number of aryl methyl sites for hydroxylation is 2. The van der Waals surface area contributed by atoms with Crippen molar-refractivity contribution in [1.82, 2.24) is 0 Å². The summed E-state index contributed by atoms with van der Waals surface area (Å²) in [5.74, 6) is -0.541. The lowest BCUT2D eigenvalue weighted by Gasteiger charge is -2.11. The minimum Gasteiger partial charge on any atom is -0.289 e. The molecular weight excluding hydrogens is 465 g/mol. The number of halogens is 3. The van der Waals surface area contributed by atoms with Crippen LogP contribution in [0.4, 0.5) is 13.2 Å².